The number of carbonyl (C=O) groups is 1. The fraction of sp³-hybridized carbons (Fsp3) is 0.200. The van der Waals surface area contributed by atoms with Gasteiger partial charge in [0.25, 0.3) is 5.91 Å². The van der Waals surface area contributed by atoms with Crippen molar-refractivity contribution in [2.75, 3.05) is 18.9 Å². The van der Waals surface area contributed by atoms with Crippen molar-refractivity contribution in [1.29, 1.82) is 0 Å². The highest BCUT2D eigenvalue weighted by atomic mass is 16.2. The number of nitrogens with one attached hydrogen (secondary N) is 1. The van der Waals surface area contributed by atoms with Gasteiger partial charge in [0.2, 0.25) is 0 Å². The van der Waals surface area contributed by atoms with Crippen molar-refractivity contribution in [3.8, 4) is 0 Å². The molecule has 132 valence electrons. The largest absolute Gasteiger partial charge is 0.340 e. The van der Waals surface area contributed by atoms with Gasteiger partial charge >= 0.3 is 0 Å². The Morgan fingerprint density at radius 2 is 1.81 bits per heavy atom. The van der Waals surface area contributed by atoms with E-state index in [4.69, 9.17) is 0 Å². The van der Waals surface area contributed by atoms with Crippen LogP contribution in [0.25, 0.3) is 0 Å². The molecule has 0 saturated heterocycles. The third kappa shape index (κ3) is 4.63. The first-order chi connectivity index (χ1) is 12.6. The summed E-state index contributed by atoms with van der Waals surface area (Å²) in [5.74, 6) is 0.461. The van der Waals surface area contributed by atoms with Crippen molar-refractivity contribution >= 4 is 17.4 Å². The lowest BCUT2D eigenvalue weighted by molar-refractivity contribution is 0.0790. The summed E-state index contributed by atoms with van der Waals surface area (Å²) in [6.45, 7) is 2.64. The maximum atomic E-state index is 12.6. The van der Waals surface area contributed by atoms with Crippen LogP contribution in [0, 0.1) is 6.92 Å². The molecule has 1 aromatic carbocycles. The molecular formula is C20H21N5O. The Balaban J connectivity index is 1.64. The van der Waals surface area contributed by atoms with Crippen LogP contribution in [0.15, 0.2) is 61.2 Å². The first kappa shape index (κ1) is 17.5. The number of hydrogen-bond donors (Lipinski definition) is 1. The first-order valence-corrected chi connectivity index (χ1v) is 8.42. The normalized spacial score (nSPS) is 10.4. The van der Waals surface area contributed by atoms with Gasteiger partial charge in [-0.25, -0.2) is 9.97 Å². The molecule has 0 aliphatic carbocycles. The van der Waals surface area contributed by atoms with E-state index in [1.807, 2.05) is 43.3 Å². The number of likely N-dealkylation sites (N-methyl/N-ethyl adjacent to an activating group) is 1. The summed E-state index contributed by atoms with van der Waals surface area (Å²) in [6, 6.07) is 13.6. The standard InChI is InChI=1S/C20H21N5O/c1-15-3-5-17(6-4-15)24-19-13-18(22-14-23-19)20(26)25(2)12-9-16-7-10-21-11-8-16/h3-8,10-11,13-14H,9,12H2,1-2H3,(H,22,23,24). The van der Waals surface area contributed by atoms with Gasteiger partial charge in [0.1, 0.15) is 17.8 Å². The highest BCUT2D eigenvalue weighted by Crippen LogP contribution is 2.15. The summed E-state index contributed by atoms with van der Waals surface area (Å²) >= 11 is 0. The fourth-order valence-corrected chi connectivity index (χ4v) is 2.47. The second-order valence-corrected chi connectivity index (χ2v) is 6.11. The fourth-order valence-electron chi connectivity index (χ4n) is 2.47. The maximum Gasteiger partial charge on any atom is 0.272 e. The zero-order chi connectivity index (χ0) is 18.4. The number of rotatable bonds is 6. The van der Waals surface area contributed by atoms with E-state index < -0.39 is 0 Å². The number of pyridine rings is 1. The van der Waals surface area contributed by atoms with Gasteiger partial charge in [0.05, 0.1) is 0 Å². The van der Waals surface area contributed by atoms with Crippen molar-refractivity contribution in [3.05, 3.63) is 78.0 Å². The Hall–Kier alpha value is -3.28. The number of carbonyl (C=O) groups excluding carboxylic acids is 1. The molecule has 3 rings (SSSR count). The van der Waals surface area contributed by atoms with Crippen molar-refractivity contribution in [2.24, 2.45) is 0 Å². The van der Waals surface area contributed by atoms with E-state index in [-0.39, 0.29) is 5.91 Å². The van der Waals surface area contributed by atoms with Gasteiger partial charge in [-0.2, -0.15) is 0 Å². The second-order valence-electron chi connectivity index (χ2n) is 6.11. The molecule has 26 heavy (non-hydrogen) atoms. The van der Waals surface area contributed by atoms with E-state index in [2.05, 4.69) is 20.3 Å². The minimum Gasteiger partial charge on any atom is -0.340 e. The Bertz CT molecular complexity index is 865. The summed E-state index contributed by atoms with van der Waals surface area (Å²) in [7, 11) is 1.78. The van der Waals surface area contributed by atoms with Crippen LogP contribution < -0.4 is 5.32 Å². The average Bonchev–Trinajstić information content (AvgIpc) is 2.68. The van der Waals surface area contributed by atoms with Crippen LogP contribution in [-0.4, -0.2) is 39.4 Å². The van der Waals surface area contributed by atoms with Gasteiger partial charge in [-0.05, 0) is 43.2 Å². The van der Waals surface area contributed by atoms with Gasteiger partial charge in [-0.3, -0.25) is 9.78 Å². The zero-order valence-corrected chi connectivity index (χ0v) is 14.9. The van der Waals surface area contributed by atoms with Crippen molar-refractivity contribution in [3.63, 3.8) is 0 Å². The summed E-state index contributed by atoms with van der Waals surface area (Å²) < 4.78 is 0. The monoisotopic (exact) mass is 347 g/mol. The highest BCUT2D eigenvalue weighted by molar-refractivity contribution is 5.92. The molecule has 0 aliphatic heterocycles. The smallest absolute Gasteiger partial charge is 0.272 e. The predicted molar refractivity (Wildman–Crippen MR) is 101 cm³/mol. The van der Waals surface area contributed by atoms with Gasteiger partial charge in [0.15, 0.2) is 0 Å². The number of hydrogen-bond acceptors (Lipinski definition) is 5. The number of anilines is 2. The molecule has 2 aromatic heterocycles. The number of aromatic nitrogens is 3. The molecule has 6 nitrogen and oxygen atoms in total. The number of benzene rings is 1. The molecule has 0 fully saturated rings. The van der Waals surface area contributed by atoms with E-state index in [1.165, 1.54) is 11.9 Å². The van der Waals surface area contributed by atoms with Crippen LogP contribution in [-0.2, 0) is 6.42 Å². The molecule has 6 heteroatoms. The van der Waals surface area contributed by atoms with E-state index in [9.17, 15) is 4.79 Å². The zero-order valence-electron chi connectivity index (χ0n) is 14.9. The molecule has 3 aromatic rings. The van der Waals surface area contributed by atoms with Gasteiger partial charge in [0, 0.05) is 37.7 Å². The minimum absolute atomic E-state index is 0.131. The van der Waals surface area contributed by atoms with Crippen molar-refractivity contribution in [1.82, 2.24) is 19.9 Å². The quantitative estimate of drug-likeness (QED) is 0.741. The molecule has 0 bridgehead atoms. The number of aryl methyl sites for hydroxylation is 1. The van der Waals surface area contributed by atoms with E-state index >= 15 is 0 Å². The first-order valence-electron chi connectivity index (χ1n) is 8.42. The van der Waals surface area contributed by atoms with Gasteiger partial charge in [-0.15, -0.1) is 0 Å². The lowest BCUT2D eigenvalue weighted by Crippen LogP contribution is -2.29. The summed E-state index contributed by atoms with van der Waals surface area (Å²) in [4.78, 5) is 26.6. The summed E-state index contributed by atoms with van der Waals surface area (Å²) in [6.07, 6.45) is 5.68. The van der Waals surface area contributed by atoms with Crippen LogP contribution >= 0.6 is 0 Å². The Labute approximate surface area is 153 Å². The van der Waals surface area contributed by atoms with Crippen molar-refractivity contribution < 1.29 is 4.79 Å². The van der Waals surface area contributed by atoms with E-state index in [1.54, 1.807) is 30.4 Å². The molecule has 1 amide bonds. The summed E-state index contributed by atoms with van der Waals surface area (Å²) in [5, 5.41) is 3.19. The van der Waals surface area contributed by atoms with Gasteiger partial charge < -0.3 is 10.2 Å². The third-order valence-electron chi connectivity index (χ3n) is 4.04. The number of nitrogens with zero attached hydrogens (tertiary/aromatic N) is 4. The molecule has 0 radical (unpaired) electrons. The molecule has 0 saturated carbocycles. The average molecular weight is 347 g/mol. The lowest BCUT2D eigenvalue weighted by Gasteiger charge is -2.17. The van der Waals surface area contributed by atoms with Crippen LogP contribution in [0.5, 0.6) is 0 Å². The highest BCUT2D eigenvalue weighted by Gasteiger charge is 2.14. The second kappa shape index (κ2) is 8.20. The SMILES string of the molecule is Cc1ccc(Nc2cc(C(=O)N(C)CCc3ccncc3)ncn2)cc1. The maximum absolute atomic E-state index is 12.6. The number of amides is 1. The third-order valence-corrected chi connectivity index (χ3v) is 4.04. The lowest BCUT2D eigenvalue weighted by atomic mass is 10.2. The Kier molecular flexibility index (Phi) is 5.53. The summed E-state index contributed by atoms with van der Waals surface area (Å²) in [5.41, 5.74) is 3.61. The molecular weight excluding hydrogens is 326 g/mol. The van der Waals surface area contributed by atoms with Crippen LogP contribution in [0.2, 0.25) is 0 Å². The molecule has 2 heterocycles. The van der Waals surface area contributed by atoms with Gasteiger partial charge in [-0.1, -0.05) is 17.7 Å². The predicted octanol–water partition coefficient (Wildman–Crippen LogP) is 3.24. The minimum atomic E-state index is -0.131. The van der Waals surface area contributed by atoms with E-state index in [0.29, 0.717) is 18.1 Å². The van der Waals surface area contributed by atoms with Crippen LogP contribution in [0.3, 0.4) is 0 Å². The Morgan fingerprint density at radius 1 is 1.08 bits per heavy atom. The van der Waals surface area contributed by atoms with E-state index in [0.717, 1.165) is 17.7 Å². The molecule has 0 aliphatic rings. The molecule has 0 unspecified atom stereocenters. The molecule has 1 N–H and O–H groups in total. The molecule has 0 spiro atoms. The van der Waals surface area contributed by atoms with Crippen LogP contribution in [0.1, 0.15) is 21.6 Å². The van der Waals surface area contributed by atoms with Crippen LogP contribution in [0.4, 0.5) is 11.5 Å². The Morgan fingerprint density at radius 3 is 2.54 bits per heavy atom. The van der Waals surface area contributed by atoms with Crippen molar-refractivity contribution in [2.45, 2.75) is 13.3 Å². The molecule has 0 atom stereocenters. The topological polar surface area (TPSA) is 71.0 Å².